The smallest absolute Gasteiger partial charge is 0.303 e. The van der Waals surface area contributed by atoms with Gasteiger partial charge in [0.15, 0.2) is 0 Å². The Morgan fingerprint density at radius 2 is 1.67 bits per heavy atom. The van der Waals surface area contributed by atoms with Crippen molar-refractivity contribution in [3.05, 3.63) is 54.4 Å². The van der Waals surface area contributed by atoms with E-state index < -0.39 is 5.97 Å². The number of rotatable bonds is 10. The molecule has 2 aromatic rings. The number of aromatic nitrogens is 1. The highest BCUT2D eigenvalue weighted by Crippen LogP contribution is 2.11. The number of carbonyl (C=O) groups excluding carboxylic acids is 1. The van der Waals surface area contributed by atoms with Gasteiger partial charge in [0.05, 0.1) is 5.56 Å². The average molecular weight is 328 g/mol. The number of hydrogen-bond acceptors (Lipinski definition) is 2. The van der Waals surface area contributed by atoms with Gasteiger partial charge in [0.1, 0.15) is 0 Å². The zero-order valence-corrected chi connectivity index (χ0v) is 13.8. The van der Waals surface area contributed by atoms with E-state index in [1.165, 1.54) is 0 Å². The Bertz CT molecular complexity index is 650. The van der Waals surface area contributed by atoms with Crippen molar-refractivity contribution in [1.82, 2.24) is 4.57 Å². The lowest BCUT2D eigenvalue weighted by Gasteiger charge is -2.04. The molecule has 0 aliphatic heterocycles. The summed E-state index contributed by atoms with van der Waals surface area (Å²) < 4.78 is 2.02. The summed E-state index contributed by atoms with van der Waals surface area (Å²) in [7, 11) is 0. The largest absolute Gasteiger partial charge is 0.481 e. The predicted molar refractivity (Wildman–Crippen MR) is 94.2 cm³/mol. The molecule has 0 fully saturated rings. The van der Waals surface area contributed by atoms with Gasteiger partial charge in [-0.1, -0.05) is 37.5 Å². The van der Waals surface area contributed by atoms with E-state index in [4.69, 9.17) is 5.11 Å². The van der Waals surface area contributed by atoms with Crippen molar-refractivity contribution >= 4 is 17.6 Å². The van der Waals surface area contributed by atoms with Crippen molar-refractivity contribution in [3.8, 4) is 0 Å². The van der Waals surface area contributed by atoms with Crippen molar-refractivity contribution in [2.24, 2.45) is 0 Å². The molecule has 2 rings (SSSR count). The van der Waals surface area contributed by atoms with Crippen LogP contribution in [0.2, 0.25) is 0 Å². The molecule has 0 aliphatic rings. The zero-order valence-electron chi connectivity index (χ0n) is 13.8. The number of hydrogen-bond donors (Lipinski definition) is 2. The molecule has 0 saturated carbocycles. The topological polar surface area (TPSA) is 71.3 Å². The summed E-state index contributed by atoms with van der Waals surface area (Å²) in [5, 5.41) is 11.4. The van der Waals surface area contributed by atoms with E-state index >= 15 is 0 Å². The van der Waals surface area contributed by atoms with Crippen molar-refractivity contribution in [2.75, 3.05) is 5.32 Å². The maximum absolute atomic E-state index is 12.2. The van der Waals surface area contributed by atoms with Crippen LogP contribution in [0.25, 0.3) is 0 Å². The lowest BCUT2D eigenvalue weighted by Crippen LogP contribution is -2.10. The van der Waals surface area contributed by atoms with Crippen molar-refractivity contribution < 1.29 is 14.7 Å². The van der Waals surface area contributed by atoms with E-state index in [0.717, 1.165) is 44.3 Å². The summed E-state index contributed by atoms with van der Waals surface area (Å²) in [6.07, 6.45) is 8.91. The van der Waals surface area contributed by atoms with Crippen LogP contribution in [-0.4, -0.2) is 21.6 Å². The van der Waals surface area contributed by atoms with Gasteiger partial charge in [-0.3, -0.25) is 9.59 Å². The Morgan fingerprint density at radius 3 is 2.42 bits per heavy atom. The van der Waals surface area contributed by atoms with Crippen LogP contribution < -0.4 is 5.32 Å². The molecule has 1 heterocycles. The van der Waals surface area contributed by atoms with Crippen molar-refractivity contribution in [1.29, 1.82) is 0 Å². The zero-order chi connectivity index (χ0) is 17.2. The normalized spacial score (nSPS) is 10.5. The van der Waals surface area contributed by atoms with Crippen LogP contribution in [0.15, 0.2) is 48.8 Å². The van der Waals surface area contributed by atoms with Crippen LogP contribution in [0, 0.1) is 0 Å². The molecular formula is C19H24N2O3. The van der Waals surface area contributed by atoms with Gasteiger partial charge in [-0.05, 0) is 31.0 Å². The van der Waals surface area contributed by atoms with E-state index in [0.29, 0.717) is 5.56 Å². The lowest BCUT2D eigenvalue weighted by molar-refractivity contribution is -0.137. The molecule has 1 amide bonds. The second-order valence-corrected chi connectivity index (χ2v) is 5.87. The predicted octanol–water partition coefficient (Wildman–Crippen LogP) is 4.17. The number of amides is 1. The molecule has 0 atom stereocenters. The van der Waals surface area contributed by atoms with Crippen LogP contribution in [0.1, 0.15) is 48.9 Å². The minimum Gasteiger partial charge on any atom is -0.481 e. The molecular weight excluding hydrogens is 304 g/mol. The first kappa shape index (κ1) is 17.8. The second kappa shape index (κ2) is 9.55. The van der Waals surface area contributed by atoms with E-state index in [1.807, 2.05) is 53.4 Å². The maximum atomic E-state index is 12.2. The summed E-state index contributed by atoms with van der Waals surface area (Å²) in [6.45, 7) is 0.873. The number of para-hydroxylation sites is 1. The highest BCUT2D eigenvalue weighted by atomic mass is 16.4. The van der Waals surface area contributed by atoms with Gasteiger partial charge in [0.25, 0.3) is 5.91 Å². The van der Waals surface area contributed by atoms with E-state index in [9.17, 15) is 9.59 Å². The van der Waals surface area contributed by atoms with E-state index in [2.05, 4.69) is 5.32 Å². The third kappa shape index (κ3) is 6.28. The molecule has 0 radical (unpaired) electrons. The molecule has 0 unspecified atom stereocenters. The molecule has 0 spiro atoms. The van der Waals surface area contributed by atoms with Gasteiger partial charge in [-0.2, -0.15) is 0 Å². The highest BCUT2D eigenvalue weighted by Gasteiger charge is 2.07. The quantitative estimate of drug-likeness (QED) is 0.643. The van der Waals surface area contributed by atoms with Crippen LogP contribution in [0.3, 0.4) is 0 Å². The van der Waals surface area contributed by atoms with Crippen molar-refractivity contribution in [2.45, 2.75) is 45.1 Å². The molecule has 5 nitrogen and oxygen atoms in total. The van der Waals surface area contributed by atoms with Crippen LogP contribution in [-0.2, 0) is 11.3 Å². The third-order valence-electron chi connectivity index (χ3n) is 3.85. The molecule has 5 heteroatoms. The average Bonchev–Trinajstić information content (AvgIpc) is 3.04. The van der Waals surface area contributed by atoms with Crippen LogP contribution in [0.5, 0.6) is 0 Å². The number of aryl methyl sites for hydroxylation is 1. The minimum atomic E-state index is -0.719. The third-order valence-corrected chi connectivity index (χ3v) is 3.85. The fraction of sp³-hybridized carbons (Fsp3) is 0.368. The van der Waals surface area contributed by atoms with E-state index in [1.54, 1.807) is 0 Å². The summed E-state index contributed by atoms with van der Waals surface area (Å²) in [4.78, 5) is 22.6. The lowest BCUT2D eigenvalue weighted by atomic mass is 10.1. The number of anilines is 1. The van der Waals surface area contributed by atoms with Crippen molar-refractivity contribution in [3.63, 3.8) is 0 Å². The number of aliphatic carboxylic acids is 1. The standard InChI is InChI=1S/C19H24N2O3/c22-18(23)11-7-2-1-3-8-13-21-14-12-16(15-21)19(24)20-17-9-5-4-6-10-17/h4-6,9-10,12,14-15H,1-3,7-8,11,13H2,(H,20,24)(H,22,23). The molecule has 2 N–H and O–H groups in total. The molecule has 0 aliphatic carbocycles. The molecule has 1 aromatic carbocycles. The number of benzene rings is 1. The minimum absolute atomic E-state index is 0.103. The first-order chi connectivity index (χ1) is 11.6. The Kier molecular flexibility index (Phi) is 7.08. The van der Waals surface area contributed by atoms with Gasteiger partial charge >= 0.3 is 5.97 Å². The Morgan fingerprint density at radius 1 is 0.958 bits per heavy atom. The Hall–Kier alpha value is -2.56. The second-order valence-electron chi connectivity index (χ2n) is 5.87. The molecule has 24 heavy (non-hydrogen) atoms. The summed E-state index contributed by atoms with van der Waals surface area (Å²) >= 11 is 0. The number of carboxylic acid groups (broad SMARTS) is 1. The summed E-state index contributed by atoms with van der Waals surface area (Å²) in [5.41, 5.74) is 1.44. The van der Waals surface area contributed by atoms with E-state index in [-0.39, 0.29) is 12.3 Å². The number of carboxylic acids is 1. The number of unbranched alkanes of at least 4 members (excludes halogenated alkanes) is 4. The monoisotopic (exact) mass is 328 g/mol. The van der Waals surface area contributed by atoms with Gasteiger partial charge in [0.2, 0.25) is 0 Å². The maximum Gasteiger partial charge on any atom is 0.303 e. The van der Waals surface area contributed by atoms with Gasteiger partial charge in [-0.15, -0.1) is 0 Å². The number of nitrogens with zero attached hydrogens (tertiary/aromatic N) is 1. The first-order valence-electron chi connectivity index (χ1n) is 8.39. The number of carbonyl (C=O) groups is 2. The number of nitrogens with one attached hydrogen (secondary N) is 1. The van der Waals surface area contributed by atoms with Gasteiger partial charge < -0.3 is 15.0 Å². The fourth-order valence-electron chi connectivity index (χ4n) is 2.54. The molecule has 0 bridgehead atoms. The van der Waals surface area contributed by atoms with Gasteiger partial charge in [0, 0.05) is 31.0 Å². The summed E-state index contributed by atoms with van der Waals surface area (Å²) in [6, 6.07) is 11.2. The van der Waals surface area contributed by atoms with Crippen LogP contribution in [0.4, 0.5) is 5.69 Å². The van der Waals surface area contributed by atoms with Gasteiger partial charge in [-0.25, -0.2) is 0 Å². The molecule has 0 saturated heterocycles. The Labute approximate surface area is 142 Å². The highest BCUT2D eigenvalue weighted by molar-refractivity contribution is 6.04. The molecule has 1 aromatic heterocycles. The van der Waals surface area contributed by atoms with Crippen LogP contribution >= 0.6 is 0 Å². The Balaban J connectivity index is 1.67. The fourth-order valence-corrected chi connectivity index (χ4v) is 2.54. The molecule has 128 valence electrons. The summed E-state index contributed by atoms with van der Waals surface area (Å²) in [5.74, 6) is -0.822. The first-order valence-corrected chi connectivity index (χ1v) is 8.39. The SMILES string of the molecule is O=C(O)CCCCCCCn1ccc(C(=O)Nc2ccccc2)c1.